The summed E-state index contributed by atoms with van der Waals surface area (Å²) < 4.78 is 0. The normalized spacial score (nSPS) is 12.2. The second-order valence-electron chi connectivity index (χ2n) is 2.76. The van der Waals surface area contributed by atoms with Crippen molar-refractivity contribution in [3.05, 3.63) is 0 Å². The van der Waals surface area contributed by atoms with Crippen LogP contribution in [0.15, 0.2) is 0 Å². The molecule has 1 atom stereocenters. The fourth-order valence-electron chi connectivity index (χ4n) is 0.776. The highest BCUT2D eigenvalue weighted by atomic mass is 32.1. The topological polar surface area (TPSA) is 66.6 Å². The lowest BCUT2D eigenvalue weighted by Crippen LogP contribution is -2.41. The summed E-state index contributed by atoms with van der Waals surface area (Å²) in [6.45, 7) is 0. The predicted molar refractivity (Wildman–Crippen MR) is 55.8 cm³/mol. The number of aliphatic carboxylic acids is 1. The molecular formula is C7H13BN2O2S. The molecule has 0 fully saturated rings. The molecule has 0 aliphatic heterocycles. The number of thiocarbonyl (C=S) groups is 1. The van der Waals surface area contributed by atoms with Crippen molar-refractivity contribution in [3.8, 4) is 0 Å². The Bertz CT molecular complexity index is 201. The molecule has 2 radical (unpaired) electrons. The Morgan fingerprint density at radius 3 is 2.69 bits per heavy atom. The predicted octanol–water partition coefficient (Wildman–Crippen LogP) is -0.436. The van der Waals surface area contributed by atoms with Crippen molar-refractivity contribution >= 4 is 31.0 Å². The van der Waals surface area contributed by atoms with E-state index in [0.717, 1.165) is 0 Å². The van der Waals surface area contributed by atoms with Crippen LogP contribution in [-0.2, 0) is 4.79 Å². The Kier molecular flexibility index (Phi) is 5.65. The van der Waals surface area contributed by atoms with E-state index >= 15 is 0 Å². The molecule has 0 amide bonds. The van der Waals surface area contributed by atoms with Crippen molar-refractivity contribution in [3.63, 3.8) is 0 Å². The molecule has 0 heterocycles. The number of hydrogen-bond donors (Lipinski definition) is 2. The van der Waals surface area contributed by atoms with E-state index in [4.69, 9.17) is 30.9 Å². The zero-order valence-electron chi connectivity index (χ0n) is 7.56. The number of nitrogens with zero attached hydrogens (tertiary/aromatic N) is 1. The molecule has 1 unspecified atom stereocenters. The van der Waals surface area contributed by atoms with Crippen molar-refractivity contribution < 1.29 is 9.90 Å². The highest BCUT2D eigenvalue weighted by Crippen LogP contribution is 2.00. The van der Waals surface area contributed by atoms with E-state index in [1.165, 1.54) is 0 Å². The second-order valence-corrected chi connectivity index (χ2v) is 3.18. The second kappa shape index (κ2) is 5.93. The minimum Gasteiger partial charge on any atom is -0.481 e. The number of nitrogens with two attached hydrogens (primary N) is 1. The first kappa shape index (κ1) is 12.4. The Hall–Kier alpha value is -0.615. The minimum absolute atomic E-state index is 0.0275. The van der Waals surface area contributed by atoms with Gasteiger partial charge < -0.3 is 15.7 Å². The molecule has 0 aromatic carbocycles. The van der Waals surface area contributed by atoms with Gasteiger partial charge >= 0.3 is 5.97 Å². The standard InChI is InChI=1S/C7H13BN2O2S/c1-10(4-8)7(13)5(9)2-3-6(11)12/h5H,2-4,9H2,1H3,(H,11,12). The van der Waals surface area contributed by atoms with Gasteiger partial charge in [-0.2, -0.15) is 0 Å². The van der Waals surface area contributed by atoms with Gasteiger partial charge in [0.15, 0.2) is 0 Å². The molecule has 4 nitrogen and oxygen atoms in total. The van der Waals surface area contributed by atoms with Crippen LogP contribution < -0.4 is 5.73 Å². The first-order valence-corrected chi connectivity index (χ1v) is 4.32. The van der Waals surface area contributed by atoms with Crippen LogP contribution in [0.2, 0.25) is 0 Å². The Morgan fingerprint density at radius 1 is 1.77 bits per heavy atom. The minimum atomic E-state index is -0.867. The average molecular weight is 200 g/mol. The van der Waals surface area contributed by atoms with Crippen LogP contribution in [0.4, 0.5) is 0 Å². The highest BCUT2D eigenvalue weighted by Gasteiger charge is 2.13. The van der Waals surface area contributed by atoms with Crippen molar-refractivity contribution in [2.45, 2.75) is 18.9 Å². The summed E-state index contributed by atoms with van der Waals surface area (Å²) in [5, 5.41) is 8.40. The van der Waals surface area contributed by atoms with Gasteiger partial charge in [-0.1, -0.05) is 12.2 Å². The van der Waals surface area contributed by atoms with Gasteiger partial charge in [-0.3, -0.25) is 4.79 Å². The zero-order valence-corrected chi connectivity index (χ0v) is 8.38. The summed E-state index contributed by atoms with van der Waals surface area (Å²) in [7, 11) is 7.06. The van der Waals surface area contributed by atoms with Gasteiger partial charge in [-0.05, 0) is 12.9 Å². The number of carboxylic acids is 1. The highest BCUT2D eigenvalue weighted by molar-refractivity contribution is 7.80. The van der Waals surface area contributed by atoms with Gasteiger partial charge in [0.2, 0.25) is 0 Å². The van der Waals surface area contributed by atoms with Crippen LogP contribution in [-0.4, -0.2) is 48.3 Å². The zero-order chi connectivity index (χ0) is 10.4. The smallest absolute Gasteiger partial charge is 0.303 e. The van der Waals surface area contributed by atoms with Crippen LogP contribution >= 0.6 is 12.2 Å². The Morgan fingerprint density at radius 2 is 2.31 bits per heavy atom. The maximum absolute atomic E-state index is 10.2. The maximum Gasteiger partial charge on any atom is 0.303 e. The number of hydrogen-bond acceptors (Lipinski definition) is 3. The molecule has 0 rings (SSSR count). The van der Waals surface area contributed by atoms with Crippen LogP contribution in [0, 0.1) is 0 Å². The van der Waals surface area contributed by atoms with Crippen LogP contribution in [0.3, 0.4) is 0 Å². The third kappa shape index (κ3) is 4.85. The van der Waals surface area contributed by atoms with E-state index in [0.29, 0.717) is 17.9 Å². The molecule has 3 N–H and O–H groups in total. The summed E-state index contributed by atoms with van der Waals surface area (Å²) in [6.07, 6.45) is 0.665. The number of carbonyl (C=O) groups is 1. The van der Waals surface area contributed by atoms with Crippen molar-refractivity contribution in [1.29, 1.82) is 0 Å². The summed E-state index contributed by atoms with van der Waals surface area (Å²) in [5.74, 6) is -0.867. The van der Waals surface area contributed by atoms with E-state index in [1.807, 2.05) is 0 Å². The SMILES string of the molecule is [B]CN(C)C(=S)C(N)CCC(=O)O. The molecule has 0 saturated heterocycles. The van der Waals surface area contributed by atoms with Crippen LogP contribution in [0.1, 0.15) is 12.8 Å². The van der Waals surface area contributed by atoms with E-state index in [1.54, 1.807) is 11.9 Å². The number of carboxylic acid groups (broad SMARTS) is 1. The van der Waals surface area contributed by atoms with Gasteiger partial charge in [0, 0.05) is 13.5 Å². The van der Waals surface area contributed by atoms with Crippen LogP contribution in [0.25, 0.3) is 0 Å². The first-order chi connectivity index (χ1) is 5.99. The molecule has 0 aliphatic carbocycles. The lowest BCUT2D eigenvalue weighted by Gasteiger charge is -2.22. The molecule has 0 saturated carbocycles. The van der Waals surface area contributed by atoms with E-state index in [9.17, 15) is 4.79 Å². The van der Waals surface area contributed by atoms with Crippen LogP contribution in [0.5, 0.6) is 0 Å². The van der Waals surface area contributed by atoms with Gasteiger partial charge in [0.25, 0.3) is 0 Å². The van der Waals surface area contributed by atoms with E-state index in [2.05, 4.69) is 0 Å². The number of likely N-dealkylation sites (N-methyl/N-ethyl adjacent to an activating group) is 1. The van der Waals surface area contributed by atoms with Gasteiger partial charge in [-0.15, -0.1) is 0 Å². The fraction of sp³-hybridized carbons (Fsp3) is 0.714. The Labute approximate surface area is 84.5 Å². The molecule has 0 aromatic rings. The quantitative estimate of drug-likeness (QED) is 0.465. The van der Waals surface area contributed by atoms with Gasteiger partial charge in [0.1, 0.15) is 0 Å². The lowest BCUT2D eigenvalue weighted by atomic mass is 10.1. The average Bonchev–Trinajstić information content (AvgIpc) is 2.11. The largest absolute Gasteiger partial charge is 0.481 e. The van der Waals surface area contributed by atoms with Gasteiger partial charge in [0.05, 0.1) is 18.9 Å². The molecule has 72 valence electrons. The fourth-order valence-corrected chi connectivity index (χ4v) is 0.968. The summed E-state index contributed by atoms with van der Waals surface area (Å²) in [6, 6.07) is -0.403. The summed E-state index contributed by atoms with van der Waals surface area (Å²) in [4.78, 5) is 12.4. The van der Waals surface area contributed by atoms with E-state index < -0.39 is 12.0 Å². The molecule has 6 heteroatoms. The molecular weight excluding hydrogens is 187 g/mol. The lowest BCUT2D eigenvalue weighted by molar-refractivity contribution is -0.137. The van der Waals surface area contributed by atoms with Crippen molar-refractivity contribution in [2.24, 2.45) is 5.73 Å². The molecule has 0 bridgehead atoms. The number of rotatable bonds is 5. The Balaban J connectivity index is 3.89. The summed E-state index contributed by atoms with van der Waals surface area (Å²) in [5.41, 5.74) is 5.64. The van der Waals surface area contributed by atoms with Crippen molar-refractivity contribution in [1.82, 2.24) is 4.90 Å². The van der Waals surface area contributed by atoms with E-state index in [-0.39, 0.29) is 6.42 Å². The third-order valence-electron chi connectivity index (χ3n) is 1.64. The molecule has 0 aromatic heterocycles. The molecule has 0 aliphatic rings. The summed E-state index contributed by atoms with van der Waals surface area (Å²) >= 11 is 4.98. The van der Waals surface area contributed by atoms with Gasteiger partial charge in [-0.25, -0.2) is 0 Å². The maximum atomic E-state index is 10.2. The monoisotopic (exact) mass is 200 g/mol. The molecule has 0 spiro atoms. The van der Waals surface area contributed by atoms with Crippen molar-refractivity contribution in [2.75, 3.05) is 13.5 Å². The molecule has 13 heavy (non-hydrogen) atoms. The first-order valence-electron chi connectivity index (χ1n) is 3.91. The third-order valence-corrected chi connectivity index (χ3v) is 2.25.